The molecule has 1 heterocycles. The molecule has 0 aliphatic rings. The first kappa shape index (κ1) is 13.3. The van der Waals surface area contributed by atoms with Crippen molar-refractivity contribution in [1.82, 2.24) is 4.57 Å². The van der Waals surface area contributed by atoms with Crippen LogP contribution in [0.4, 0.5) is 0 Å². The molecule has 1 unspecified atom stereocenters. The standard InChI is InChI=1S/C13H23NO2/c1-3-6-13(15)12-7-9-14(11-12)8-4-5-10-16-2/h7,9,11,13,15H,3-6,8,10H2,1-2H3. The van der Waals surface area contributed by atoms with Crippen molar-refractivity contribution in [2.75, 3.05) is 13.7 Å². The van der Waals surface area contributed by atoms with Crippen LogP contribution in [-0.2, 0) is 11.3 Å². The number of rotatable bonds is 8. The lowest BCUT2D eigenvalue weighted by Gasteiger charge is -2.06. The molecule has 0 bridgehead atoms. The van der Waals surface area contributed by atoms with E-state index >= 15 is 0 Å². The SMILES string of the molecule is CCCC(O)c1ccn(CCCCOC)c1. The second kappa shape index (κ2) is 7.47. The highest BCUT2D eigenvalue weighted by atomic mass is 16.5. The van der Waals surface area contributed by atoms with Gasteiger partial charge in [0.2, 0.25) is 0 Å². The Labute approximate surface area is 98.0 Å². The molecule has 16 heavy (non-hydrogen) atoms. The molecule has 1 aromatic rings. The normalized spacial score (nSPS) is 12.9. The number of hydrogen-bond acceptors (Lipinski definition) is 2. The highest BCUT2D eigenvalue weighted by Crippen LogP contribution is 2.18. The fourth-order valence-electron chi connectivity index (χ4n) is 1.78. The number of methoxy groups -OCH3 is 1. The lowest BCUT2D eigenvalue weighted by atomic mass is 10.1. The summed E-state index contributed by atoms with van der Waals surface area (Å²) in [5.41, 5.74) is 1.04. The van der Waals surface area contributed by atoms with Gasteiger partial charge in [-0.25, -0.2) is 0 Å². The number of unbranched alkanes of at least 4 members (excludes halogenated alkanes) is 1. The van der Waals surface area contributed by atoms with Crippen LogP contribution in [0.25, 0.3) is 0 Å². The number of aliphatic hydroxyl groups is 1. The summed E-state index contributed by atoms with van der Waals surface area (Å²) < 4.78 is 7.15. The van der Waals surface area contributed by atoms with Crippen LogP contribution in [0.15, 0.2) is 18.5 Å². The molecule has 0 fully saturated rings. The van der Waals surface area contributed by atoms with Crippen LogP contribution in [0, 0.1) is 0 Å². The number of aryl methyl sites for hydroxylation is 1. The Morgan fingerprint density at radius 3 is 2.94 bits per heavy atom. The van der Waals surface area contributed by atoms with Gasteiger partial charge in [-0.2, -0.15) is 0 Å². The molecule has 3 nitrogen and oxygen atoms in total. The summed E-state index contributed by atoms with van der Waals surface area (Å²) in [4.78, 5) is 0. The minimum Gasteiger partial charge on any atom is -0.388 e. The minimum absolute atomic E-state index is 0.301. The Morgan fingerprint density at radius 2 is 2.25 bits per heavy atom. The summed E-state index contributed by atoms with van der Waals surface area (Å²) in [6, 6.07) is 2.01. The van der Waals surface area contributed by atoms with Crippen molar-refractivity contribution in [2.24, 2.45) is 0 Å². The molecule has 0 aliphatic heterocycles. The van der Waals surface area contributed by atoms with Crippen LogP contribution >= 0.6 is 0 Å². The maximum Gasteiger partial charge on any atom is 0.0804 e. The Balaban J connectivity index is 2.33. The molecule has 0 radical (unpaired) electrons. The molecule has 1 rings (SSSR count). The second-order valence-corrected chi connectivity index (χ2v) is 4.19. The van der Waals surface area contributed by atoms with Crippen molar-refractivity contribution in [3.63, 3.8) is 0 Å². The highest BCUT2D eigenvalue weighted by Gasteiger charge is 2.07. The molecule has 0 amide bonds. The van der Waals surface area contributed by atoms with E-state index in [9.17, 15) is 5.11 Å². The molecule has 1 N–H and O–H groups in total. The van der Waals surface area contributed by atoms with E-state index in [1.54, 1.807) is 7.11 Å². The fraction of sp³-hybridized carbons (Fsp3) is 0.692. The van der Waals surface area contributed by atoms with Gasteiger partial charge in [0.15, 0.2) is 0 Å². The zero-order valence-electron chi connectivity index (χ0n) is 10.4. The first-order valence-electron chi connectivity index (χ1n) is 6.10. The zero-order chi connectivity index (χ0) is 11.8. The van der Waals surface area contributed by atoms with Crippen LogP contribution in [0.3, 0.4) is 0 Å². The first-order chi connectivity index (χ1) is 7.77. The largest absolute Gasteiger partial charge is 0.388 e. The summed E-state index contributed by atoms with van der Waals surface area (Å²) in [6.07, 6.45) is 7.85. The van der Waals surface area contributed by atoms with Crippen LogP contribution in [0.1, 0.15) is 44.3 Å². The topological polar surface area (TPSA) is 34.4 Å². The monoisotopic (exact) mass is 225 g/mol. The van der Waals surface area contributed by atoms with Crippen molar-refractivity contribution < 1.29 is 9.84 Å². The van der Waals surface area contributed by atoms with Gasteiger partial charge in [-0.1, -0.05) is 13.3 Å². The van der Waals surface area contributed by atoms with Crippen molar-refractivity contribution in [1.29, 1.82) is 0 Å². The van der Waals surface area contributed by atoms with Crippen molar-refractivity contribution in [2.45, 2.75) is 45.3 Å². The number of ether oxygens (including phenoxy) is 1. The van der Waals surface area contributed by atoms with Crippen molar-refractivity contribution >= 4 is 0 Å². The molecular weight excluding hydrogens is 202 g/mol. The van der Waals surface area contributed by atoms with E-state index in [4.69, 9.17) is 4.74 Å². The molecule has 0 saturated carbocycles. The number of hydrogen-bond donors (Lipinski definition) is 1. The summed E-state index contributed by atoms with van der Waals surface area (Å²) in [5.74, 6) is 0. The van der Waals surface area contributed by atoms with Crippen LogP contribution in [-0.4, -0.2) is 23.4 Å². The summed E-state index contributed by atoms with van der Waals surface area (Å²) >= 11 is 0. The zero-order valence-corrected chi connectivity index (χ0v) is 10.4. The van der Waals surface area contributed by atoms with E-state index in [0.717, 1.165) is 44.4 Å². The Hall–Kier alpha value is -0.800. The van der Waals surface area contributed by atoms with Gasteiger partial charge in [0.1, 0.15) is 0 Å². The lowest BCUT2D eigenvalue weighted by molar-refractivity contribution is 0.166. The molecule has 0 spiro atoms. The Morgan fingerprint density at radius 1 is 1.44 bits per heavy atom. The van der Waals surface area contributed by atoms with E-state index in [1.807, 2.05) is 18.5 Å². The van der Waals surface area contributed by atoms with Gasteiger partial charge in [-0.05, 0) is 30.9 Å². The molecule has 0 aliphatic carbocycles. The van der Waals surface area contributed by atoms with Gasteiger partial charge in [-0.3, -0.25) is 0 Å². The highest BCUT2D eigenvalue weighted by molar-refractivity contribution is 5.13. The van der Waals surface area contributed by atoms with Crippen LogP contribution in [0.2, 0.25) is 0 Å². The quantitative estimate of drug-likeness (QED) is 0.690. The van der Waals surface area contributed by atoms with E-state index in [-0.39, 0.29) is 6.10 Å². The summed E-state index contributed by atoms with van der Waals surface area (Å²) in [7, 11) is 1.73. The minimum atomic E-state index is -0.301. The van der Waals surface area contributed by atoms with Gasteiger partial charge in [0, 0.05) is 32.7 Å². The second-order valence-electron chi connectivity index (χ2n) is 4.19. The maximum absolute atomic E-state index is 9.81. The lowest BCUT2D eigenvalue weighted by Crippen LogP contribution is -1.98. The molecule has 1 aromatic heterocycles. The van der Waals surface area contributed by atoms with Gasteiger partial charge < -0.3 is 14.4 Å². The third-order valence-corrected chi connectivity index (χ3v) is 2.74. The predicted octanol–water partition coefficient (Wildman–Crippen LogP) is 2.75. The van der Waals surface area contributed by atoms with Gasteiger partial charge >= 0.3 is 0 Å². The third kappa shape index (κ3) is 4.37. The maximum atomic E-state index is 9.81. The molecule has 0 saturated heterocycles. The van der Waals surface area contributed by atoms with Gasteiger partial charge in [-0.15, -0.1) is 0 Å². The average molecular weight is 225 g/mol. The van der Waals surface area contributed by atoms with E-state index in [1.165, 1.54) is 0 Å². The van der Waals surface area contributed by atoms with E-state index < -0.39 is 0 Å². The molecular formula is C13H23NO2. The van der Waals surface area contributed by atoms with Crippen LogP contribution in [0.5, 0.6) is 0 Å². The first-order valence-corrected chi connectivity index (χ1v) is 6.10. The predicted molar refractivity (Wildman–Crippen MR) is 65.4 cm³/mol. The number of aromatic nitrogens is 1. The van der Waals surface area contributed by atoms with E-state index in [2.05, 4.69) is 11.5 Å². The Bertz CT molecular complexity index is 283. The fourth-order valence-corrected chi connectivity index (χ4v) is 1.78. The molecule has 0 aromatic carbocycles. The number of aliphatic hydroxyl groups excluding tert-OH is 1. The van der Waals surface area contributed by atoms with Crippen molar-refractivity contribution in [3.05, 3.63) is 24.0 Å². The molecule has 3 heteroatoms. The van der Waals surface area contributed by atoms with Gasteiger partial charge in [0.05, 0.1) is 6.10 Å². The number of nitrogens with zero attached hydrogens (tertiary/aromatic N) is 1. The van der Waals surface area contributed by atoms with E-state index in [0.29, 0.717) is 0 Å². The summed E-state index contributed by atoms with van der Waals surface area (Å²) in [5, 5.41) is 9.81. The summed E-state index contributed by atoms with van der Waals surface area (Å²) in [6.45, 7) is 3.92. The Kier molecular flexibility index (Phi) is 6.19. The molecule has 92 valence electrons. The van der Waals surface area contributed by atoms with Crippen molar-refractivity contribution in [3.8, 4) is 0 Å². The molecule has 1 atom stereocenters. The third-order valence-electron chi connectivity index (χ3n) is 2.74. The van der Waals surface area contributed by atoms with Gasteiger partial charge in [0.25, 0.3) is 0 Å². The van der Waals surface area contributed by atoms with Crippen LogP contribution < -0.4 is 0 Å². The smallest absolute Gasteiger partial charge is 0.0804 e. The average Bonchev–Trinajstić information content (AvgIpc) is 2.73.